The van der Waals surface area contributed by atoms with E-state index < -0.39 is 0 Å². The van der Waals surface area contributed by atoms with Gasteiger partial charge in [0.15, 0.2) is 0 Å². The van der Waals surface area contributed by atoms with Crippen LogP contribution in [0.25, 0.3) is 0 Å². The molecular formula is C20H25ClN3O2+. The summed E-state index contributed by atoms with van der Waals surface area (Å²) in [5, 5.41) is 7.59. The van der Waals surface area contributed by atoms with Crippen LogP contribution >= 0.6 is 11.6 Å². The van der Waals surface area contributed by atoms with Gasteiger partial charge in [-0.3, -0.25) is 5.01 Å². The lowest BCUT2D eigenvalue weighted by Gasteiger charge is -2.30. The van der Waals surface area contributed by atoms with Crippen LogP contribution in [0.4, 0.5) is 0 Å². The van der Waals surface area contributed by atoms with Gasteiger partial charge in [-0.2, -0.15) is 5.10 Å². The van der Waals surface area contributed by atoms with Crippen molar-refractivity contribution in [3.63, 3.8) is 0 Å². The number of ether oxygens (including phenoxy) is 2. The summed E-state index contributed by atoms with van der Waals surface area (Å²) in [5.41, 5.74) is 2.12. The van der Waals surface area contributed by atoms with Crippen LogP contribution in [0, 0.1) is 0 Å². The van der Waals surface area contributed by atoms with E-state index in [-0.39, 0.29) is 0 Å². The molecule has 3 rings (SSSR count). The Morgan fingerprint density at radius 3 is 2.58 bits per heavy atom. The van der Waals surface area contributed by atoms with E-state index in [4.69, 9.17) is 21.1 Å². The lowest BCUT2D eigenvalue weighted by atomic mass is 10.2. The Labute approximate surface area is 159 Å². The van der Waals surface area contributed by atoms with Crippen molar-refractivity contribution in [3.8, 4) is 11.5 Å². The summed E-state index contributed by atoms with van der Waals surface area (Å²) in [6, 6.07) is 13.8. The zero-order valence-electron chi connectivity index (χ0n) is 15.2. The van der Waals surface area contributed by atoms with Crippen molar-refractivity contribution >= 4 is 17.8 Å². The normalized spacial score (nSPS) is 15.4. The molecule has 0 amide bonds. The maximum Gasteiger partial charge on any atom is 0.127 e. The first kappa shape index (κ1) is 18.5. The minimum atomic E-state index is 0.789. The number of hydrogen-bond donors (Lipinski definition) is 1. The minimum absolute atomic E-state index is 0.789. The van der Waals surface area contributed by atoms with Crippen molar-refractivity contribution in [2.75, 3.05) is 40.4 Å². The van der Waals surface area contributed by atoms with E-state index in [2.05, 4.69) is 16.2 Å². The molecule has 0 aliphatic carbocycles. The third kappa shape index (κ3) is 4.68. The minimum Gasteiger partial charge on any atom is -0.497 e. The van der Waals surface area contributed by atoms with Crippen molar-refractivity contribution in [1.82, 2.24) is 5.01 Å². The molecule has 0 saturated carbocycles. The molecule has 0 aromatic heterocycles. The lowest BCUT2D eigenvalue weighted by molar-refractivity contribution is -0.918. The van der Waals surface area contributed by atoms with Crippen LogP contribution in [0.15, 0.2) is 47.6 Å². The van der Waals surface area contributed by atoms with Gasteiger partial charge in [-0.1, -0.05) is 29.8 Å². The molecule has 1 aliphatic rings. The van der Waals surface area contributed by atoms with Crippen molar-refractivity contribution in [1.29, 1.82) is 0 Å². The maximum atomic E-state index is 6.27. The summed E-state index contributed by atoms with van der Waals surface area (Å²) in [6.45, 7) is 4.88. The summed E-state index contributed by atoms with van der Waals surface area (Å²) in [4.78, 5) is 1.53. The third-order valence-corrected chi connectivity index (χ3v) is 5.01. The molecule has 1 heterocycles. The van der Waals surface area contributed by atoms with E-state index in [9.17, 15) is 0 Å². The van der Waals surface area contributed by atoms with E-state index in [1.54, 1.807) is 14.2 Å². The number of rotatable bonds is 6. The number of nitrogens with zero attached hydrogens (tertiary/aromatic N) is 2. The molecule has 0 radical (unpaired) electrons. The van der Waals surface area contributed by atoms with Crippen molar-refractivity contribution in [2.45, 2.75) is 6.54 Å². The summed E-state index contributed by atoms with van der Waals surface area (Å²) in [7, 11) is 3.32. The first-order chi connectivity index (χ1) is 12.7. The van der Waals surface area contributed by atoms with E-state index in [0.29, 0.717) is 0 Å². The van der Waals surface area contributed by atoms with Gasteiger partial charge in [0.05, 0.1) is 46.6 Å². The Kier molecular flexibility index (Phi) is 6.36. The molecule has 0 unspecified atom stereocenters. The highest BCUT2D eigenvalue weighted by molar-refractivity contribution is 6.31. The second-order valence-electron chi connectivity index (χ2n) is 6.32. The van der Waals surface area contributed by atoms with Crippen LogP contribution in [0.5, 0.6) is 11.5 Å². The van der Waals surface area contributed by atoms with Gasteiger partial charge in [-0.05, 0) is 24.3 Å². The fourth-order valence-electron chi connectivity index (χ4n) is 3.10. The molecule has 2 aromatic carbocycles. The second-order valence-corrected chi connectivity index (χ2v) is 6.73. The molecule has 1 saturated heterocycles. The Morgan fingerprint density at radius 2 is 1.88 bits per heavy atom. The topological polar surface area (TPSA) is 38.5 Å². The van der Waals surface area contributed by atoms with Crippen molar-refractivity contribution in [2.24, 2.45) is 5.10 Å². The number of methoxy groups -OCH3 is 2. The van der Waals surface area contributed by atoms with Crippen LogP contribution in [0.3, 0.4) is 0 Å². The van der Waals surface area contributed by atoms with Crippen LogP contribution in [-0.2, 0) is 6.54 Å². The summed E-state index contributed by atoms with van der Waals surface area (Å²) >= 11 is 6.27. The van der Waals surface area contributed by atoms with Gasteiger partial charge in [0.1, 0.15) is 18.0 Å². The van der Waals surface area contributed by atoms with Crippen molar-refractivity contribution in [3.05, 3.63) is 58.6 Å². The molecule has 1 N–H and O–H groups in total. The SMILES string of the molecule is COc1ccc(OC)c(/C=N/N2CC[NH+](Cc3ccccc3Cl)CC2)c1. The molecule has 1 aliphatic heterocycles. The lowest BCUT2D eigenvalue weighted by Crippen LogP contribution is -3.13. The van der Waals surface area contributed by atoms with Crippen LogP contribution in [0.1, 0.15) is 11.1 Å². The van der Waals surface area contributed by atoms with Gasteiger partial charge in [0.2, 0.25) is 0 Å². The third-order valence-electron chi connectivity index (χ3n) is 4.64. The van der Waals surface area contributed by atoms with Gasteiger partial charge in [-0.15, -0.1) is 0 Å². The zero-order valence-corrected chi connectivity index (χ0v) is 16.0. The number of halogens is 1. The van der Waals surface area contributed by atoms with Crippen LogP contribution in [0.2, 0.25) is 5.02 Å². The van der Waals surface area contributed by atoms with E-state index >= 15 is 0 Å². The molecule has 0 spiro atoms. The number of benzene rings is 2. The highest BCUT2D eigenvalue weighted by Gasteiger charge is 2.19. The largest absolute Gasteiger partial charge is 0.497 e. The zero-order chi connectivity index (χ0) is 18.4. The van der Waals surface area contributed by atoms with Gasteiger partial charge in [-0.25, -0.2) is 0 Å². The Balaban J connectivity index is 1.57. The highest BCUT2D eigenvalue weighted by atomic mass is 35.5. The average molecular weight is 375 g/mol. The number of piperazine rings is 1. The standard InChI is InChI=1S/C20H24ClN3O2/c1-25-18-7-8-20(26-2)17(13-18)14-22-24-11-9-23(10-12-24)15-16-5-3-4-6-19(16)21/h3-8,13-14H,9-12,15H2,1-2H3/p+1/b22-14+. The molecule has 0 atom stereocenters. The van der Waals surface area contributed by atoms with Gasteiger partial charge in [0, 0.05) is 16.1 Å². The van der Waals surface area contributed by atoms with Crippen molar-refractivity contribution < 1.29 is 14.4 Å². The second kappa shape index (κ2) is 8.92. The molecule has 2 aromatic rings. The summed E-state index contributed by atoms with van der Waals surface area (Å²) in [5.74, 6) is 1.58. The molecular weight excluding hydrogens is 350 g/mol. The molecule has 0 bridgehead atoms. The van der Waals surface area contributed by atoms with E-state index in [1.165, 1.54) is 10.5 Å². The predicted octanol–water partition coefficient (Wildman–Crippen LogP) is 2.09. The fraction of sp³-hybridized carbons (Fsp3) is 0.350. The van der Waals surface area contributed by atoms with E-state index in [0.717, 1.165) is 54.8 Å². The Bertz CT molecular complexity index is 758. The molecule has 5 nitrogen and oxygen atoms in total. The summed E-state index contributed by atoms with van der Waals surface area (Å²) in [6.07, 6.45) is 1.85. The number of hydrazone groups is 1. The fourth-order valence-corrected chi connectivity index (χ4v) is 3.30. The molecule has 6 heteroatoms. The van der Waals surface area contributed by atoms with Gasteiger partial charge < -0.3 is 14.4 Å². The first-order valence-corrected chi connectivity index (χ1v) is 9.15. The predicted molar refractivity (Wildman–Crippen MR) is 105 cm³/mol. The Hall–Kier alpha value is -2.24. The maximum absolute atomic E-state index is 6.27. The number of nitrogens with one attached hydrogen (secondary N) is 1. The number of hydrogen-bond acceptors (Lipinski definition) is 4. The Morgan fingerprint density at radius 1 is 1.12 bits per heavy atom. The summed E-state index contributed by atoms with van der Waals surface area (Å²) < 4.78 is 10.7. The van der Waals surface area contributed by atoms with Gasteiger partial charge >= 0.3 is 0 Å². The van der Waals surface area contributed by atoms with Gasteiger partial charge in [0.25, 0.3) is 0 Å². The molecule has 138 valence electrons. The smallest absolute Gasteiger partial charge is 0.127 e. The van der Waals surface area contributed by atoms with E-state index in [1.807, 2.05) is 42.6 Å². The number of quaternary nitrogens is 1. The molecule has 26 heavy (non-hydrogen) atoms. The molecule has 1 fully saturated rings. The first-order valence-electron chi connectivity index (χ1n) is 8.77. The quantitative estimate of drug-likeness (QED) is 0.787. The van der Waals surface area contributed by atoms with Crippen LogP contribution in [-0.4, -0.2) is 51.6 Å². The average Bonchev–Trinajstić information content (AvgIpc) is 2.69. The highest BCUT2D eigenvalue weighted by Crippen LogP contribution is 2.22. The van der Waals surface area contributed by atoms with Crippen LogP contribution < -0.4 is 14.4 Å². The monoisotopic (exact) mass is 374 g/mol.